The minimum atomic E-state index is -1.12. The van der Waals surface area contributed by atoms with Crippen LogP contribution in [0.2, 0.25) is 5.02 Å². The van der Waals surface area contributed by atoms with Crippen LogP contribution in [0, 0.1) is 17.5 Å². The number of nitrogens with zero attached hydrogens (tertiary/aromatic N) is 2. The molecule has 11 heteroatoms. The Bertz CT molecular complexity index is 1370. The van der Waals surface area contributed by atoms with E-state index in [1.165, 1.54) is 13.2 Å². The van der Waals surface area contributed by atoms with E-state index >= 15 is 0 Å². The van der Waals surface area contributed by atoms with Crippen molar-refractivity contribution in [3.63, 3.8) is 0 Å². The van der Waals surface area contributed by atoms with Gasteiger partial charge in [-0.1, -0.05) is 48.0 Å². The molecular weight excluding hydrogens is 523 g/mol. The van der Waals surface area contributed by atoms with Gasteiger partial charge in [0.1, 0.15) is 23.4 Å². The highest BCUT2D eigenvalue weighted by molar-refractivity contribution is 6.31. The van der Waals surface area contributed by atoms with Gasteiger partial charge in [-0.25, -0.2) is 22.9 Å². The topological polar surface area (TPSA) is 82.0 Å². The van der Waals surface area contributed by atoms with Crippen molar-refractivity contribution >= 4 is 23.4 Å². The average Bonchev–Trinajstić information content (AvgIpc) is 2.90. The highest BCUT2D eigenvalue weighted by Crippen LogP contribution is 2.36. The number of nitrogens with one attached hydrogen (secondary N) is 1. The number of amidine groups is 1. The molecule has 2 aromatic carbocycles. The largest absolute Gasteiger partial charge is 0.466 e. The average molecular weight is 546 g/mol. The Balaban J connectivity index is 1.60. The summed E-state index contributed by atoms with van der Waals surface area (Å²) in [7, 11) is 1.19. The number of rotatable bonds is 10. The molecular formula is C27H23ClF3N3O4. The number of hydrogen-bond donors (Lipinski definition) is 1. The molecule has 1 unspecified atom stereocenters. The van der Waals surface area contributed by atoms with Crippen LogP contribution in [-0.4, -0.2) is 43.7 Å². The van der Waals surface area contributed by atoms with Crippen molar-refractivity contribution in [3.05, 3.63) is 111 Å². The fourth-order valence-electron chi connectivity index (χ4n) is 3.77. The normalized spacial score (nSPS) is 15.2. The van der Waals surface area contributed by atoms with Gasteiger partial charge >= 0.3 is 5.97 Å². The first kappa shape index (κ1) is 27.3. The van der Waals surface area contributed by atoms with Gasteiger partial charge < -0.3 is 19.5 Å². The summed E-state index contributed by atoms with van der Waals surface area (Å²) in [6.45, 7) is 0.689. The molecule has 0 fully saturated rings. The molecule has 1 atom stereocenters. The Hall–Kier alpha value is -3.73. The smallest absolute Gasteiger partial charge is 0.338 e. The Morgan fingerprint density at radius 3 is 2.42 bits per heavy atom. The maximum absolute atomic E-state index is 14.6. The summed E-state index contributed by atoms with van der Waals surface area (Å²) in [4.78, 5) is 21.1. The molecule has 2 heterocycles. The third kappa shape index (κ3) is 6.58. The van der Waals surface area contributed by atoms with E-state index in [9.17, 15) is 18.0 Å². The predicted molar refractivity (Wildman–Crippen MR) is 134 cm³/mol. The Kier molecular flexibility index (Phi) is 9.11. The predicted octanol–water partition coefficient (Wildman–Crippen LogP) is 4.90. The minimum absolute atomic E-state index is 0.0106. The SMILES string of the molecule is COC(=O)C1=C(COCCOCc2ccccc2)NC(c2ncc(F)cc2F)=NC1c1ccc(F)cc1Cl. The van der Waals surface area contributed by atoms with E-state index in [2.05, 4.69) is 15.3 Å². The van der Waals surface area contributed by atoms with Crippen molar-refractivity contribution in [1.29, 1.82) is 0 Å². The van der Waals surface area contributed by atoms with Crippen molar-refractivity contribution in [2.45, 2.75) is 12.6 Å². The van der Waals surface area contributed by atoms with E-state index in [-0.39, 0.29) is 53.2 Å². The van der Waals surface area contributed by atoms with Crippen LogP contribution in [0.15, 0.2) is 77.1 Å². The van der Waals surface area contributed by atoms with E-state index in [1.807, 2.05) is 30.3 Å². The van der Waals surface area contributed by atoms with Crippen molar-refractivity contribution < 1.29 is 32.2 Å². The molecule has 0 amide bonds. The molecule has 0 saturated heterocycles. The molecule has 1 aliphatic rings. The van der Waals surface area contributed by atoms with Gasteiger partial charge in [0.2, 0.25) is 0 Å². The number of ether oxygens (including phenoxy) is 3. The number of carbonyl (C=O) groups is 1. The highest BCUT2D eigenvalue weighted by atomic mass is 35.5. The van der Waals surface area contributed by atoms with E-state index < -0.39 is 29.5 Å². The highest BCUT2D eigenvalue weighted by Gasteiger charge is 2.34. The molecule has 1 N–H and O–H groups in total. The lowest BCUT2D eigenvalue weighted by Gasteiger charge is -2.27. The quantitative estimate of drug-likeness (QED) is 0.288. The zero-order valence-electron chi connectivity index (χ0n) is 20.2. The molecule has 38 heavy (non-hydrogen) atoms. The summed E-state index contributed by atoms with van der Waals surface area (Å²) in [6.07, 6.45) is 0.836. The van der Waals surface area contributed by atoms with Gasteiger partial charge in [-0.05, 0) is 17.7 Å². The second kappa shape index (κ2) is 12.7. The lowest BCUT2D eigenvalue weighted by molar-refractivity contribution is -0.136. The van der Waals surface area contributed by atoms with Crippen LogP contribution in [0.3, 0.4) is 0 Å². The maximum atomic E-state index is 14.6. The fraction of sp³-hybridized carbons (Fsp3) is 0.222. The molecule has 198 valence electrons. The van der Waals surface area contributed by atoms with Gasteiger partial charge in [-0.15, -0.1) is 0 Å². The van der Waals surface area contributed by atoms with Gasteiger partial charge in [-0.2, -0.15) is 0 Å². The second-order valence-corrected chi connectivity index (χ2v) is 8.54. The third-order valence-corrected chi connectivity index (χ3v) is 5.88. The summed E-state index contributed by atoms with van der Waals surface area (Å²) in [5.74, 6) is -3.29. The van der Waals surface area contributed by atoms with Crippen LogP contribution in [0.5, 0.6) is 0 Å². The van der Waals surface area contributed by atoms with E-state index in [0.717, 1.165) is 23.9 Å². The molecule has 7 nitrogen and oxygen atoms in total. The van der Waals surface area contributed by atoms with Crippen molar-refractivity contribution in [2.24, 2.45) is 4.99 Å². The van der Waals surface area contributed by atoms with Gasteiger partial charge in [0, 0.05) is 16.7 Å². The van der Waals surface area contributed by atoms with Gasteiger partial charge in [0.25, 0.3) is 0 Å². The molecule has 4 rings (SSSR count). The van der Waals surface area contributed by atoms with Crippen LogP contribution >= 0.6 is 11.6 Å². The molecule has 1 aliphatic heterocycles. The standard InChI is InChI=1S/C27H23ClF3N3O4/c1-36-27(35)23-22(15-38-10-9-37-14-16-5-3-2-4-6-16)33-26(25-21(31)12-18(30)13-32-25)34-24(23)19-8-7-17(29)11-20(19)28/h2-8,11-13,24H,9-10,14-15H2,1H3,(H,33,34). The zero-order chi connectivity index (χ0) is 27.1. The first-order valence-corrected chi connectivity index (χ1v) is 11.9. The Morgan fingerprint density at radius 1 is 1.00 bits per heavy atom. The van der Waals surface area contributed by atoms with Crippen LogP contribution in [0.1, 0.15) is 22.9 Å². The third-order valence-electron chi connectivity index (χ3n) is 5.55. The maximum Gasteiger partial charge on any atom is 0.338 e. The molecule has 1 aromatic heterocycles. The lowest BCUT2D eigenvalue weighted by Crippen LogP contribution is -2.36. The molecule has 0 aliphatic carbocycles. The number of aliphatic imine (C=N–C) groups is 1. The van der Waals surface area contributed by atoms with Crippen molar-refractivity contribution in [1.82, 2.24) is 10.3 Å². The van der Waals surface area contributed by atoms with E-state index in [0.29, 0.717) is 12.7 Å². The molecule has 0 saturated carbocycles. The summed E-state index contributed by atoms with van der Waals surface area (Å²) >= 11 is 6.29. The van der Waals surface area contributed by atoms with E-state index in [1.54, 1.807) is 0 Å². The summed E-state index contributed by atoms with van der Waals surface area (Å²) in [5, 5.41) is 2.85. The first-order chi connectivity index (χ1) is 18.4. The number of esters is 1. The van der Waals surface area contributed by atoms with Gasteiger partial charge in [0.15, 0.2) is 11.7 Å². The van der Waals surface area contributed by atoms with Crippen molar-refractivity contribution in [3.8, 4) is 0 Å². The van der Waals surface area contributed by atoms with Crippen LogP contribution in [0.25, 0.3) is 0 Å². The van der Waals surface area contributed by atoms with Gasteiger partial charge in [-0.3, -0.25) is 4.99 Å². The monoisotopic (exact) mass is 545 g/mol. The summed E-state index contributed by atoms with van der Waals surface area (Å²) in [5.41, 5.74) is 1.20. The first-order valence-electron chi connectivity index (χ1n) is 11.5. The van der Waals surface area contributed by atoms with Gasteiger partial charge in [0.05, 0.1) is 51.0 Å². The van der Waals surface area contributed by atoms with E-state index in [4.69, 9.17) is 25.8 Å². The fourth-order valence-corrected chi connectivity index (χ4v) is 4.04. The molecule has 3 aromatic rings. The van der Waals surface area contributed by atoms with Crippen LogP contribution in [0.4, 0.5) is 13.2 Å². The lowest BCUT2D eigenvalue weighted by atomic mass is 9.95. The molecule has 0 bridgehead atoms. The summed E-state index contributed by atoms with van der Waals surface area (Å²) in [6, 6.07) is 12.7. The minimum Gasteiger partial charge on any atom is -0.466 e. The Morgan fingerprint density at radius 2 is 1.74 bits per heavy atom. The second-order valence-electron chi connectivity index (χ2n) is 8.13. The molecule has 0 spiro atoms. The number of halogens is 4. The number of benzene rings is 2. The summed E-state index contributed by atoms with van der Waals surface area (Å²) < 4.78 is 58.2. The Labute approximate surface area is 221 Å². The number of methoxy groups -OCH3 is 1. The molecule has 0 radical (unpaired) electrons. The zero-order valence-corrected chi connectivity index (χ0v) is 21.0. The number of hydrogen-bond acceptors (Lipinski definition) is 7. The van der Waals surface area contributed by atoms with Crippen LogP contribution < -0.4 is 5.32 Å². The number of aromatic nitrogens is 1. The number of carbonyl (C=O) groups excluding carboxylic acids is 1. The van der Waals surface area contributed by atoms with Crippen LogP contribution in [-0.2, 0) is 25.6 Å². The van der Waals surface area contributed by atoms with Crippen molar-refractivity contribution in [2.75, 3.05) is 26.9 Å². The number of pyridine rings is 1.